The fourth-order valence-corrected chi connectivity index (χ4v) is 7.59. The Labute approximate surface area is 277 Å². The zero-order chi connectivity index (χ0) is 33.1. The molecule has 9 nitrogen and oxygen atoms in total. The minimum atomic E-state index is -0.865. The van der Waals surface area contributed by atoms with Gasteiger partial charge in [-0.15, -0.1) is 0 Å². The van der Waals surface area contributed by atoms with Gasteiger partial charge in [-0.3, -0.25) is 24.1 Å². The second kappa shape index (κ2) is 11.6. The number of amides is 2. The summed E-state index contributed by atoms with van der Waals surface area (Å²) in [5.74, 6) is -5.73. The van der Waals surface area contributed by atoms with Crippen molar-refractivity contribution in [2.45, 2.75) is 18.8 Å². The largest absolute Gasteiger partial charge is 0.505 e. The number of phenols is 1. The average Bonchev–Trinajstić information content (AvgIpc) is 3.32. The first-order chi connectivity index (χ1) is 22.5. The molecule has 3 aliphatic carbocycles. The smallest absolute Gasteiger partial charge is 0.238 e. The quantitative estimate of drug-likeness (QED) is 0.133. The summed E-state index contributed by atoms with van der Waals surface area (Å²) in [4.78, 5) is 57.8. The molecule has 4 aliphatic rings. The highest BCUT2D eigenvalue weighted by Gasteiger charge is 2.56. The number of allylic oxidation sites excluding steroid dienone is 6. The van der Waals surface area contributed by atoms with Crippen molar-refractivity contribution in [2.75, 3.05) is 23.9 Å². The van der Waals surface area contributed by atoms with Gasteiger partial charge in [0.15, 0.2) is 23.1 Å². The van der Waals surface area contributed by atoms with E-state index in [2.05, 4.69) is 26.2 Å². The number of carbonyl (C=O) groups is 4. The van der Waals surface area contributed by atoms with Gasteiger partial charge in [0, 0.05) is 42.9 Å². The number of phenolic OH excluding ortho intramolecular Hbond substituents is 1. The molecule has 7 rings (SSSR count). The number of azo groups is 1. The van der Waals surface area contributed by atoms with Crippen LogP contribution in [-0.2, 0) is 19.2 Å². The number of benzene rings is 3. The Morgan fingerprint density at radius 2 is 1.55 bits per heavy atom. The molecule has 2 amide bonds. The number of hydrogen-bond acceptors (Lipinski definition) is 8. The Hall–Kier alpha value is -5.03. The molecular weight excluding hydrogens is 667 g/mol. The van der Waals surface area contributed by atoms with Crippen LogP contribution in [0.5, 0.6) is 5.75 Å². The summed E-state index contributed by atoms with van der Waals surface area (Å²) in [6.45, 7) is 0. The van der Waals surface area contributed by atoms with Gasteiger partial charge < -0.3 is 10.0 Å². The van der Waals surface area contributed by atoms with E-state index < -0.39 is 41.1 Å². The van der Waals surface area contributed by atoms with Gasteiger partial charge in [0.25, 0.3) is 0 Å². The van der Waals surface area contributed by atoms with Gasteiger partial charge in [-0.25, -0.2) is 4.39 Å². The van der Waals surface area contributed by atoms with E-state index >= 15 is 0 Å². The van der Waals surface area contributed by atoms with E-state index in [1.165, 1.54) is 23.1 Å². The zero-order valence-electron chi connectivity index (χ0n) is 25.4. The van der Waals surface area contributed by atoms with Gasteiger partial charge in [-0.05, 0) is 101 Å². The fourth-order valence-electron chi connectivity index (χ4n) is 7.14. The summed E-state index contributed by atoms with van der Waals surface area (Å²) in [6.07, 6.45) is 3.42. The van der Waals surface area contributed by atoms with Crippen molar-refractivity contribution in [1.29, 1.82) is 0 Å². The number of aromatic hydroxyl groups is 1. The summed E-state index contributed by atoms with van der Waals surface area (Å²) in [7, 11) is 3.90. The Balaban J connectivity index is 1.19. The molecule has 47 heavy (non-hydrogen) atoms. The molecule has 1 fully saturated rings. The maximum atomic E-state index is 14.6. The highest BCUT2D eigenvalue weighted by Crippen LogP contribution is 2.55. The van der Waals surface area contributed by atoms with E-state index in [4.69, 9.17) is 0 Å². The molecule has 0 radical (unpaired) electrons. The molecular formula is C36H28BrFN4O5. The Kier molecular flexibility index (Phi) is 7.59. The normalized spacial score (nSPS) is 23.9. The van der Waals surface area contributed by atoms with Crippen LogP contribution in [-0.4, -0.2) is 42.6 Å². The molecule has 11 heteroatoms. The molecule has 1 saturated heterocycles. The van der Waals surface area contributed by atoms with E-state index in [9.17, 15) is 28.7 Å². The van der Waals surface area contributed by atoms with Crippen molar-refractivity contribution < 1.29 is 28.7 Å². The van der Waals surface area contributed by atoms with E-state index in [1.807, 2.05) is 49.3 Å². The summed E-state index contributed by atoms with van der Waals surface area (Å²) in [5, 5.41) is 18.4. The third-order valence-electron chi connectivity index (χ3n) is 9.39. The summed E-state index contributed by atoms with van der Waals surface area (Å²) in [6, 6.07) is 18.1. The summed E-state index contributed by atoms with van der Waals surface area (Å²) < 4.78 is 14.7. The first-order valence-electron chi connectivity index (χ1n) is 15.1. The highest BCUT2D eigenvalue weighted by molar-refractivity contribution is 9.12. The topological polar surface area (TPSA) is 120 Å². The SMILES string of the molecule is CN(C)c1ccc(N=Nc2ccc(N3C(=O)C4CC=C5C(c6ccc(O)c(F)c6)C6=C(CC5C4C3=O)C(=O)C(Br)=CC6=O)cc2)cc1. The zero-order valence-corrected chi connectivity index (χ0v) is 26.9. The molecule has 4 atom stereocenters. The first kappa shape index (κ1) is 30.6. The van der Waals surface area contributed by atoms with E-state index in [0.29, 0.717) is 28.2 Å². The van der Waals surface area contributed by atoms with Crippen LogP contribution in [0.4, 0.5) is 27.1 Å². The maximum Gasteiger partial charge on any atom is 0.238 e. The van der Waals surface area contributed by atoms with Crippen molar-refractivity contribution in [3.8, 4) is 5.75 Å². The maximum absolute atomic E-state index is 14.6. The van der Waals surface area contributed by atoms with Crippen LogP contribution in [0.15, 0.2) is 110 Å². The molecule has 1 heterocycles. The average molecular weight is 696 g/mol. The van der Waals surface area contributed by atoms with E-state index in [1.54, 1.807) is 24.3 Å². The highest BCUT2D eigenvalue weighted by atomic mass is 79.9. The summed E-state index contributed by atoms with van der Waals surface area (Å²) in [5.41, 5.74) is 4.20. The van der Waals surface area contributed by atoms with Gasteiger partial charge in [0.05, 0.1) is 33.4 Å². The molecule has 0 spiro atoms. The van der Waals surface area contributed by atoms with Crippen LogP contribution in [0, 0.1) is 23.6 Å². The number of Topliss-reactive ketones (excluding diaryl/α,β-unsaturated/α-hetero) is 1. The monoisotopic (exact) mass is 694 g/mol. The molecule has 0 saturated carbocycles. The van der Waals surface area contributed by atoms with Crippen LogP contribution < -0.4 is 9.80 Å². The van der Waals surface area contributed by atoms with Crippen molar-refractivity contribution in [3.05, 3.63) is 111 Å². The van der Waals surface area contributed by atoms with Crippen LogP contribution in [0.2, 0.25) is 0 Å². The second-order valence-electron chi connectivity index (χ2n) is 12.2. The lowest BCUT2D eigenvalue weighted by molar-refractivity contribution is -0.123. The number of anilines is 2. The Morgan fingerprint density at radius 3 is 2.19 bits per heavy atom. The second-order valence-corrected chi connectivity index (χ2v) is 13.1. The summed E-state index contributed by atoms with van der Waals surface area (Å²) >= 11 is 3.20. The van der Waals surface area contributed by atoms with Crippen LogP contribution in [0.1, 0.15) is 24.3 Å². The Bertz CT molecular complexity index is 2000. The number of halogens is 2. The van der Waals surface area contributed by atoms with Gasteiger partial charge in [0.2, 0.25) is 11.8 Å². The molecule has 1 N–H and O–H groups in total. The molecule has 0 aromatic heterocycles. The molecule has 4 unspecified atom stereocenters. The lowest BCUT2D eigenvalue weighted by Crippen LogP contribution is -2.39. The number of ketones is 2. The number of fused-ring (bicyclic) bond motifs is 3. The van der Waals surface area contributed by atoms with Gasteiger partial charge in [-0.2, -0.15) is 10.2 Å². The van der Waals surface area contributed by atoms with Gasteiger partial charge in [0.1, 0.15) is 0 Å². The number of hydrogen-bond donors (Lipinski definition) is 1. The van der Waals surface area contributed by atoms with Crippen molar-refractivity contribution in [3.63, 3.8) is 0 Å². The Morgan fingerprint density at radius 1 is 0.894 bits per heavy atom. The van der Waals surface area contributed by atoms with Crippen LogP contribution >= 0.6 is 15.9 Å². The van der Waals surface area contributed by atoms with Gasteiger partial charge in [-0.1, -0.05) is 17.7 Å². The van der Waals surface area contributed by atoms with Gasteiger partial charge >= 0.3 is 0 Å². The predicted octanol–water partition coefficient (Wildman–Crippen LogP) is 6.98. The molecule has 0 bridgehead atoms. The third kappa shape index (κ3) is 5.14. The van der Waals surface area contributed by atoms with E-state index in [-0.39, 0.29) is 45.9 Å². The molecule has 1 aliphatic heterocycles. The third-order valence-corrected chi connectivity index (χ3v) is 9.98. The lowest BCUT2D eigenvalue weighted by atomic mass is 9.59. The molecule has 236 valence electrons. The lowest BCUT2D eigenvalue weighted by Gasteiger charge is -2.42. The van der Waals surface area contributed by atoms with Crippen molar-refractivity contribution in [1.82, 2.24) is 0 Å². The number of imide groups is 1. The number of nitrogens with zero attached hydrogens (tertiary/aromatic N) is 4. The number of rotatable bonds is 5. The van der Waals surface area contributed by atoms with Crippen molar-refractivity contribution >= 4 is 62.1 Å². The fraction of sp³-hybridized carbons (Fsp3) is 0.222. The molecule has 3 aromatic carbocycles. The standard InChI is InChI=1S/C36H28BrFN4O5/c1-41(2)21-8-4-19(5-9-21)39-40-20-6-10-22(11-7-20)42-35(46)24-13-12-23-25(32(24)36(42)47)16-26-33(30(44)17-27(37)34(26)45)31(23)18-3-14-29(43)28(38)15-18/h3-12,14-15,17,24-25,31-32,43H,13,16H2,1-2H3. The molecule has 3 aromatic rings. The van der Waals surface area contributed by atoms with E-state index in [0.717, 1.165) is 11.8 Å². The first-order valence-corrected chi connectivity index (χ1v) is 15.9. The minimum absolute atomic E-state index is 0.0919. The predicted molar refractivity (Wildman–Crippen MR) is 177 cm³/mol. The van der Waals surface area contributed by atoms with Crippen LogP contribution in [0.3, 0.4) is 0 Å². The minimum Gasteiger partial charge on any atom is -0.505 e. The van der Waals surface area contributed by atoms with Crippen LogP contribution in [0.25, 0.3) is 0 Å². The number of carbonyl (C=O) groups excluding carboxylic acids is 4. The van der Waals surface area contributed by atoms with Crippen molar-refractivity contribution in [2.24, 2.45) is 28.0 Å².